The molecule has 2 heterocycles. The Morgan fingerprint density at radius 3 is 2.62 bits per heavy atom. The zero-order valence-electron chi connectivity index (χ0n) is 12.8. The zero-order chi connectivity index (χ0) is 14.7. The molecule has 1 N–H and O–H groups in total. The molecule has 4 heteroatoms. The SMILES string of the molecule is CNC1(C)CCN(Cc2cc(-c3ccccc3)on2)CC1. The third-order valence-corrected chi connectivity index (χ3v) is 4.57. The van der Waals surface area contributed by atoms with Crippen molar-refractivity contribution in [2.45, 2.75) is 31.8 Å². The molecular weight excluding hydrogens is 262 g/mol. The number of benzene rings is 1. The van der Waals surface area contributed by atoms with Crippen LogP contribution in [0.3, 0.4) is 0 Å². The lowest BCUT2D eigenvalue weighted by molar-refractivity contribution is 0.143. The number of nitrogens with zero attached hydrogens (tertiary/aromatic N) is 2. The molecule has 112 valence electrons. The van der Waals surface area contributed by atoms with Crippen LogP contribution >= 0.6 is 0 Å². The predicted octanol–water partition coefficient (Wildman–Crippen LogP) is 2.92. The first-order valence-electron chi connectivity index (χ1n) is 7.61. The molecule has 0 radical (unpaired) electrons. The number of rotatable bonds is 4. The highest BCUT2D eigenvalue weighted by molar-refractivity contribution is 5.56. The van der Waals surface area contributed by atoms with Crippen molar-refractivity contribution in [1.29, 1.82) is 0 Å². The number of hydrogen-bond donors (Lipinski definition) is 1. The van der Waals surface area contributed by atoms with Gasteiger partial charge < -0.3 is 9.84 Å². The minimum absolute atomic E-state index is 0.287. The molecule has 1 aromatic carbocycles. The summed E-state index contributed by atoms with van der Waals surface area (Å²) in [6.45, 7) is 5.37. The quantitative estimate of drug-likeness (QED) is 0.938. The van der Waals surface area contributed by atoms with Gasteiger partial charge >= 0.3 is 0 Å². The van der Waals surface area contributed by atoms with E-state index < -0.39 is 0 Å². The van der Waals surface area contributed by atoms with Crippen LogP contribution in [0, 0.1) is 0 Å². The highest BCUT2D eigenvalue weighted by atomic mass is 16.5. The summed E-state index contributed by atoms with van der Waals surface area (Å²) < 4.78 is 5.47. The summed E-state index contributed by atoms with van der Waals surface area (Å²) in [6, 6.07) is 12.2. The first-order valence-corrected chi connectivity index (χ1v) is 7.61. The third kappa shape index (κ3) is 3.34. The van der Waals surface area contributed by atoms with Crippen molar-refractivity contribution in [3.05, 3.63) is 42.1 Å². The monoisotopic (exact) mass is 285 g/mol. The average Bonchev–Trinajstić information content (AvgIpc) is 2.99. The summed E-state index contributed by atoms with van der Waals surface area (Å²) in [4.78, 5) is 2.45. The van der Waals surface area contributed by atoms with E-state index in [4.69, 9.17) is 4.52 Å². The zero-order valence-corrected chi connectivity index (χ0v) is 12.8. The topological polar surface area (TPSA) is 41.3 Å². The van der Waals surface area contributed by atoms with Gasteiger partial charge in [0.2, 0.25) is 0 Å². The largest absolute Gasteiger partial charge is 0.356 e. The fraction of sp³-hybridized carbons (Fsp3) is 0.471. The van der Waals surface area contributed by atoms with Gasteiger partial charge in [0, 0.05) is 36.8 Å². The Kier molecular flexibility index (Phi) is 4.08. The molecule has 0 atom stereocenters. The number of likely N-dealkylation sites (tertiary alicyclic amines) is 1. The van der Waals surface area contributed by atoms with Gasteiger partial charge in [-0.3, -0.25) is 4.90 Å². The second kappa shape index (κ2) is 6.00. The highest BCUT2D eigenvalue weighted by Gasteiger charge is 2.28. The summed E-state index contributed by atoms with van der Waals surface area (Å²) in [5, 5.41) is 7.64. The van der Waals surface area contributed by atoms with Crippen LogP contribution in [0.1, 0.15) is 25.5 Å². The van der Waals surface area contributed by atoms with Gasteiger partial charge in [-0.1, -0.05) is 35.5 Å². The van der Waals surface area contributed by atoms with Gasteiger partial charge in [0.15, 0.2) is 5.76 Å². The second-order valence-electron chi connectivity index (χ2n) is 6.14. The van der Waals surface area contributed by atoms with Crippen molar-refractivity contribution in [3.8, 4) is 11.3 Å². The van der Waals surface area contributed by atoms with Gasteiger partial charge in [-0.2, -0.15) is 0 Å². The van der Waals surface area contributed by atoms with Crippen LogP contribution in [0.4, 0.5) is 0 Å². The van der Waals surface area contributed by atoms with Gasteiger partial charge in [-0.05, 0) is 26.8 Å². The summed E-state index contributed by atoms with van der Waals surface area (Å²) in [7, 11) is 2.05. The van der Waals surface area contributed by atoms with Crippen LogP contribution < -0.4 is 5.32 Å². The molecule has 1 aliphatic rings. The summed E-state index contributed by atoms with van der Waals surface area (Å²) >= 11 is 0. The van der Waals surface area contributed by atoms with Crippen LogP contribution in [0.5, 0.6) is 0 Å². The Morgan fingerprint density at radius 2 is 1.95 bits per heavy atom. The number of hydrogen-bond acceptors (Lipinski definition) is 4. The number of nitrogens with one attached hydrogen (secondary N) is 1. The molecule has 0 amide bonds. The van der Waals surface area contributed by atoms with Crippen molar-refractivity contribution in [1.82, 2.24) is 15.4 Å². The minimum atomic E-state index is 0.287. The first kappa shape index (κ1) is 14.3. The van der Waals surface area contributed by atoms with E-state index in [2.05, 4.69) is 35.4 Å². The van der Waals surface area contributed by atoms with E-state index in [1.54, 1.807) is 0 Å². The van der Waals surface area contributed by atoms with Gasteiger partial charge in [-0.15, -0.1) is 0 Å². The minimum Gasteiger partial charge on any atom is -0.356 e. The predicted molar refractivity (Wildman–Crippen MR) is 83.9 cm³/mol. The van der Waals surface area contributed by atoms with Gasteiger partial charge in [0.25, 0.3) is 0 Å². The lowest BCUT2D eigenvalue weighted by Gasteiger charge is -2.39. The van der Waals surface area contributed by atoms with E-state index >= 15 is 0 Å². The molecule has 0 aliphatic carbocycles. The molecule has 0 bridgehead atoms. The van der Waals surface area contributed by atoms with Crippen molar-refractivity contribution >= 4 is 0 Å². The van der Waals surface area contributed by atoms with Crippen LogP contribution in [-0.4, -0.2) is 35.7 Å². The van der Waals surface area contributed by atoms with Gasteiger partial charge in [-0.25, -0.2) is 0 Å². The van der Waals surface area contributed by atoms with Crippen molar-refractivity contribution in [3.63, 3.8) is 0 Å². The summed E-state index contributed by atoms with van der Waals surface area (Å²) in [5.41, 5.74) is 2.38. The Morgan fingerprint density at radius 1 is 1.24 bits per heavy atom. The van der Waals surface area contributed by atoms with Gasteiger partial charge in [0.1, 0.15) is 0 Å². The molecule has 0 unspecified atom stereocenters. The van der Waals surface area contributed by atoms with Crippen LogP contribution in [-0.2, 0) is 6.54 Å². The Balaban J connectivity index is 1.61. The molecule has 2 aromatic rings. The third-order valence-electron chi connectivity index (χ3n) is 4.57. The average molecular weight is 285 g/mol. The molecule has 0 spiro atoms. The van der Waals surface area contributed by atoms with E-state index in [1.165, 1.54) is 12.8 Å². The molecule has 1 aliphatic heterocycles. The summed E-state index contributed by atoms with van der Waals surface area (Å²) in [5.74, 6) is 0.850. The van der Waals surface area contributed by atoms with E-state index in [0.29, 0.717) is 0 Å². The van der Waals surface area contributed by atoms with Crippen LogP contribution in [0.15, 0.2) is 40.9 Å². The molecule has 21 heavy (non-hydrogen) atoms. The molecule has 4 nitrogen and oxygen atoms in total. The molecule has 1 aromatic heterocycles. The lowest BCUT2D eigenvalue weighted by Crippen LogP contribution is -2.49. The maximum Gasteiger partial charge on any atom is 0.167 e. The van der Waals surface area contributed by atoms with Crippen LogP contribution in [0.25, 0.3) is 11.3 Å². The Hall–Kier alpha value is -1.65. The van der Waals surface area contributed by atoms with Crippen molar-refractivity contribution in [2.75, 3.05) is 20.1 Å². The van der Waals surface area contributed by atoms with E-state index in [1.807, 2.05) is 30.3 Å². The van der Waals surface area contributed by atoms with Crippen molar-refractivity contribution in [2.24, 2.45) is 0 Å². The Bertz CT molecular complexity index is 571. The van der Waals surface area contributed by atoms with Gasteiger partial charge in [0.05, 0.1) is 5.69 Å². The Labute approximate surface area is 126 Å². The molecular formula is C17H23N3O. The molecule has 0 saturated carbocycles. The molecule has 1 fully saturated rings. The molecule has 1 saturated heterocycles. The maximum atomic E-state index is 5.47. The second-order valence-corrected chi connectivity index (χ2v) is 6.14. The van der Waals surface area contributed by atoms with E-state index in [0.717, 1.165) is 36.7 Å². The smallest absolute Gasteiger partial charge is 0.167 e. The normalized spacial score (nSPS) is 18.8. The summed E-state index contributed by atoms with van der Waals surface area (Å²) in [6.07, 6.45) is 2.35. The van der Waals surface area contributed by atoms with E-state index in [-0.39, 0.29) is 5.54 Å². The number of piperidine rings is 1. The van der Waals surface area contributed by atoms with Crippen molar-refractivity contribution < 1.29 is 4.52 Å². The fourth-order valence-corrected chi connectivity index (χ4v) is 2.81. The fourth-order valence-electron chi connectivity index (χ4n) is 2.81. The maximum absolute atomic E-state index is 5.47. The van der Waals surface area contributed by atoms with Crippen LogP contribution in [0.2, 0.25) is 0 Å². The van der Waals surface area contributed by atoms with E-state index in [9.17, 15) is 0 Å². The highest BCUT2D eigenvalue weighted by Crippen LogP contribution is 2.24. The standard InChI is InChI=1S/C17H23N3O/c1-17(18-2)8-10-20(11-9-17)13-15-12-16(21-19-15)14-6-4-3-5-7-14/h3-7,12,18H,8-11,13H2,1-2H3. The number of aromatic nitrogens is 1. The first-order chi connectivity index (χ1) is 10.2. The lowest BCUT2D eigenvalue weighted by atomic mass is 9.90. The molecule has 3 rings (SSSR count).